The van der Waals surface area contributed by atoms with Crippen LogP contribution >= 0.6 is 0 Å². The molecule has 0 aliphatic carbocycles. The molecule has 0 N–H and O–H groups in total. The number of furan rings is 2. The van der Waals surface area contributed by atoms with Crippen LogP contribution < -0.4 is 0 Å². The lowest BCUT2D eigenvalue weighted by molar-refractivity contribution is 0.672. The molecular formula is C96H54O2. The highest BCUT2D eigenvalue weighted by Gasteiger charge is 2.24. The molecule has 2 heterocycles. The minimum Gasteiger partial charge on any atom is -0.455 e. The maximum atomic E-state index is 6.92. The Morgan fingerprint density at radius 3 is 1.14 bits per heavy atom. The van der Waals surface area contributed by atoms with Crippen molar-refractivity contribution in [2.45, 2.75) is 0 Å². The quantitative estimate of drug-likeness (QED) is 0.127. The molecule has 0 saturated heterocycles. The maximum absolute atomic E-state index is 6.92. The van der Waals surface area contributed by atoms with Crippen LogP contribution in [0.15, 0.2) is 336 Å². The van der Waals surface area contributed by atoms with Gasteiger partial charge in [0.05, 0.1) is 0 Å². The fourth-order valence-corrected chi connectivity index (χ4v) is 17.3. The second-order valence-corrected chi connectivity index (χ2v) is 26.8. The van der Waals surface area contributed by atoms with E-state index >= 15 is 0 Å². The van der Waals surface area contributed by atoms with Crippen molar-refractivity contribution >= 4 is 173 Å². The zero-order valence-corrected chi connectivity index (χ0v) is 53.0. The average Bonchev–Trinajstić information content (AvgIpc) is 0.972. The Labute approximate surface area is 561 Å². The first kappa shape index (κ1) is 53.5. The van der Waals surface area contributed by atoms with Crippen molar-refractivity contribution in [2.24, 2.45) is 0 Å². The first-order valence-corrected chi connectivity index (χ1v) is 33.9. The highest BCUT2D eigenvalue weighted by atomic mass is 16.3. The molecule has 0 aliphatic rings. The highest BCUT2D eigenvalue weighted by molar-refractivity contribution is 6.31. The van der Waals surface area contributed by atoms with E-state index < -0.39 is 0 Å². The molecule has 0 atom stereocenters. The van der Waals surface area contributed by atoms with Crippen LogP contribution in [0, 0.1) is 0 Å². The summed E-state index contributed by atoms with van der Waals surface area (Å²) in [6.07, 6.45) is 0. The summed E-state index contributed by atoms with van der Waals surface area (Å²) in [4.78, 5) is 0. The SMILES string of the molecule is c1ccc2c(c1)ccc1c3cc(-c4c5ccccc5c(-c5cccc6c5ccc5cc7ccc(-c8ccc9c(ccc%10c%11cc(-c%12c%13ccccc%13c(-c%13cc%14ccc%15ccccc%15c%14c%14ccccc%13%14)c%13ccccc%12%13)ccc%11oc9%10)c8)cc7cc56)c5ccccc45)ccc3oc21. The Bertz CT molecular complexity index is 7190. The summed E-state index contributed by atoms with van der Waals surface area (Å²) in [5.74, 6) is 0. The Kier molecular flexibility index (Phi) is 11.1. The Balaban J connectivity index is 0.635. The second-order valence-electron chi connectivity index (χ2n) is 26.8. The highest BCUT2D eigenvalue weighted by Crippen LogP contribution is 2.51. The molecule has 2 nitrogen and oxygen atoms in total. The van der Waals surface area contributed by atoms with Gasteiger partial charge in [-0.05, 0) is 247 Å². The van der Waals surface area contributed by atoms with E-state index in [2.05, 4.69) is 328 Å². The lowest BCUT2D eigenvalue weighted by atomic mass is 9.83. The maximum Gasteiger partial charge on any atom is 0.143 e. The minimum absolute atomic E-state index is 0.879. The Hall–Kier alpha value is -12.9. The molecule has 2 heteroatoms. The summed E-state index contributed by atoms with van der Waals surface area (Å²) in [6, 6.07) is 122. The van der Waals surface area contributed by atoms with E-state index in [9.17, 15) is 0 Å². The molecule has 22 aromatic rings. The average molecular weight is 1240 g/mol. The molecule has 0 radical (unpaired) electrons. The molecule has 0 aliphatic heterocycles. The zero-order valence-electron chi connectivity index (χ0n) is 53.0. The molecule has 450 valence electrons. The van der Waals surface area contributed by atoms with Gasteiger partial charge in [0, 0.05) is 32.3 Å². The molecule has 22 rings (SSSR count). The summed E-state index contributed by atoms with van der Waals surface area (Å²) in [6.45, 7) is 0. The molecule has 20 aromatic carbocycles. The standard InChI is InChI=1S/C96H54O2/c1-3-18-66-55(16-1)32-35-62-53-87(70-20-5-6-21-72(70)90(62)66)94-80-28-13-9-24-76(80)92(77-25-10-14-29-81(77)94)64-41-47-89-86(52-64)83-45-39-60-48-58(37-42-68(60)96(83)98-89)57-33-34-59-49-61-38-43-71-69(84(61)54-65(59)50-57)30-15-31-73(71)93-78-26-11-7-22-74(78)91(75-23-8-12-27-79(75)93)63-40-46-88-85(51-63)82-44-36-56-17-2-4-19-67(56)95(82)97-88/h1-54H. The normalized spacial score (nSPS) is 12.3. The van der Waals surface area contributed by atoms with E-state index in [1.165, 1.54) is 169 Å². The van der Waals surface area contributed by atoms with Crippen LogP contribution in [0.5, 0.6) is 0 Å². The first-order chi connectivity index (χ1) is 48.6. The number of fused-ring (bicyclic) bond motifs is 23. The van der Waals surface area contributed by atoms with Crippen molar-refractivity contribution in [3.8, 4) is 55.6 Å². The van der Waals surface area contributed by atoms with Crippen LogP contribution in [0.1, 0.15) is 0 Å². The summed E-state index contributed by atoms with van der Waals surface area (Å²) in [7, 11) is 0. The molecule has 2 aromatic heterocycles. The largest absolute Gasteiger partial charge is 0.455 e. The van der Waals surface area contributed by atoms with Crippen molar-refractivity contribution in [1.82, 2.24) is 0 Å². The summed E-state index contributed by atoms with van der Waals surface area (Å²) in [5, 5.41) is 33.8. The van der Waals surface area contributed by atoms with Crippen molar-refractivity contribution in [1.29, 1.82) is 0 Å². The van der Waals surface area contributed by atoms with Gasteiger partial charge in [0.15, 0.2) is 0 Å². The van der Waals surface area contributed by atoms with Crippen molar-refractivity contribution in [3.63, 3.8) is 0 Å². The summed E-state index contributed by atoms with van der Waals surface area (Å²) >= 11 is 0. The van der Waals surface area contributed by atoms with Crippen LogP contribution in [0.4, 0.5) is 0 Å². The molecule has 0 spiro atoms. The third kappa shape index (κ3) is 7.68. The van der Waals surface area contributed by atoms with Crippen LogP contribution in [-0.4, -0.2) is 0 Å². The van der Waals surface area contributed by atoms with Gasteiger partial charge >= 0.3 is 0 Å². The smallest absolute Gasteiger partial charge is 0.143 e. The minimum atomic E-state index is 0.879. The zero-order chi connectivity index (χ0) is 63.8. The van der Waals surface area contributed by atoms with Gasteiger partial charge in [-0.2, -0.15) is 0 Å². The lowest BCUT2D eigenvalue weighted by Gasteiger charge is -2.20. The molecule has 0 fully saturated rings. The Morgan fingerprint density at radius 1 is 0.153 bits per heavy atom. The number of rotatable bonds is 5. The van der Waals surface area contributed by atoms with E-state index in [1.807, 2.05) is 0 Å². The number of benzene rings is 20. The number of hydrogen-bond acceptors (Lipinski definition) is 2. The van der Waals surface area contributed by atoms with Crippen molar-refractivity contribution < 1.29 is 8.83 Å². The van der Waals surface area contributed by atoms with Gasteiger partial charge in [-0.15, -0.1) is 0 Å². The third-order valence-corrected chi connectivity index (χ3v) is 21.7. The van der Waals surface area contributed by atoms with Crippen LogP contribution in [-0.2, 0) is 0 Å². The Morgan fingerprint density at radius 2 is 0.541 bits per heavy atom. The van der Waals surface area contributed by atoms with Gasteiger partial charge in [-0.3, -0.25) is 0 Å². The van der Waals surface area contributed by atoms with E-state index in [0.29, 0.717) is 0 Å². The lowest BCUT2D eigenvalue weighted by Crippen LogP contribution is -1.92. The summed E-state index contributed by atoms with van der Waals surface area (Å²) in [5.41, 5.74) is 15.7. The predicted molar refractivity (Wildman–Crippen MR) is 418 cm³/mol. The van der Waals surface area contributed by atoms with Crippen LogP contribution in [0.3, 0.4) is 0 Å². The fourth-order valence-electron chi connectivity index (χ4n) is 17.3. The second kappa shape index (κ2) is 20.3. The van der Waals surface area contributed by atoms with Gasteiger partial charge in [-0.1, -0.05) is 255 Å². The summed E-state index contributed by atoms with van der Waals surface area (Å²) < 4.78 is 13.5. The third-order valence-electron chi connectivity index (χ3n) is 21.7. The molecule has 0 bridgehead atoms. The van der Waals surface area contributed by atoms with Crippen molar-refractivity contribution in [3.05, 3.63) is 328 Å². The fraction of sp³-hybridized carbons (Fsp3) is 0. The number of hydrogen-bond donors (Lipinski definition) is 0. The van der Waals surface area contributed by atoms with Crippen LogP contribution in [0.2, 0.25) is 0 Å². The molecule has 0 saturated carbocycles. The topological polar surface area (TPSA) is 26.3 Å². The molecular weight excluding hydrogens is 1190 g/mol. The van der Waals surface area contributed by atoms with E-state index in [-0.39, 0.29) is 0 Å². The monoisotopic (exact) mass is 1240 g/mol. The molecule has 0 amide bonds. The molecule has 98 heavy (non-hydrogen) atoms. The first-order valence-electron chi connectivity index (χ1n) is 33.9. The van der Waals surface area contributed by atoms with Gasteiger partial charge in [0.25, 0.3) is 0 Å². The van der Waals surface area contributed by atoms with Gasteiger partial charge in [0.2, 0.25) is 0 Å². The molecule has 0 unspecified atom stereocenters. The van der Waals surface area contributed by atoms with Gasteiger partial charge < -0.3 is 8.83 Å². The van der Waals surface area contributed by atoms with E-state index in [4.69, 9.17) is 8.83 Å². The van der Waals surface area contributed by atoms with Gasteiger partial charge in [-0.25, -0.2) is 0 Å². The van der Waals surface area contributed by atoms with Crippen molar-refractivity contribution in [2.75, 3.05) is 0 Å². The van der Waals surface area contributed by atoms with Crippen LogP contribution in [0.25, 0.3) is 229 Å². The van der Waals surface area contributed by atoms with E-state index in [1.54, 1.807) is 0 Å². The van der Waals surface area contributed by atoms with E-state index in [0.717, 1.165) is 60.0 Å². The van der Waals surface area contributed by atoms with Gasteiger partial charge in [0.1, 0.15) is 22.3 Å². The predicted octanol–water partition coefficient (Wildman–Crippen LogP) is 27.7.